The van der Waals surface area contributed by atoms with Gasteiger partial charge in [-0.05, 0) is 245 Å². The second-order valence-corrected chi connectivity index (χ2v) is 39.2. The van der Waals surface area contributed by atoms with Crippen LogP contribution in [0, 0.1) is 41.5 Å². The Kier molecular flexibility index (Phi) is 15.6. The number of imidazole rings is 2. The molecule has 0 N–H and O–H groups in total. The first-order valence-electron chi connectivity index (χ1n) is 42.2. The van der Waals surface area contributed by atoms with Gasteiger partial charge in [0.2, 0.25) is 20.1 Å². The van der Waals surface area contributed by atoms with E-state index in [0.29, 0.717) is 12.6 Å². The number of pyridine rings is 4. The van der Waals surface area contributed by atoms with Crippen LogP contribution >= 0.6 is 11.3 Å². The van der Waals surface area contributed by atoms with Crippen molar-refractivity contribution in [3.05, 3.63) is 306 Å². The maximum atomic E-state index is 6.53. The van der Waals surface area contributed by atoms with Gasteiger partial charge in [-0.25, -0.2) is 13.7 Å². The van der Waals surface area contributed by atoms with Gasteiger partial charge in [-0.1, -0.05) is 243 Å². The summed E-state index contributed by atoms with van der Waals surface area (Å²) in [6.45, 7) is 35.2. The molecule has 18 aromatic rings. The lowest BCUT2D eigenvalue weighted by atomic mass is 9.29. The molecule has 0 atom stereocenters. The van der Waals surface area contributed by atoms with Crippen molar-refractivity contribution in [3.8, 4) is 5.82 Å². The average molecular weight is 1540 g/mol. The summed E-state index contributed by atoms with van der Waals surface area (Å²) in [4.78, 5) is 16.1. The molecule has 6 aliphatic rings. The van der Waals surface area contributed by atoms with Gasteiger partial charge in [0.1, 0.15) is 11.0 Å². The summed E-state index contributed by atoms with van der Waals surface area (Å²) in [5, 5.41) is 2.65. The lowest BCUT2D eigenvalue weighted by Crippen LogP contribution is -2.62. The van der Waals surface area contributed by atoms with Crippen molar-refractivity contribution in [2.45, 2.75) is 159 Å². The van der Waals surface area contributed by atoms with E-state index >= 15 is 0 Å². The molecule has 24 rings (SSSR count). The van der Waals surface area contributed by atoms with Crippen molar-refractivity contribution in [3.63, 3.8) is 0 Å². The highest BCUT2D eigenvalue weighted by atomic mass is 32.1. The number of rotatable bonds is 1. The summed E-state index contributed by atoms with van der Waals surface area (Å²) in [6, 6.07) is 59.8. The fourth-order valence-electron chi connectivity index (χ4n) is 22.7. The van der Waals surface area contributed by atoms with Crippen LogP contribution in [0.4, 0.5) is 0 Å². The largest absolute Gasteiger partial charge is 0.403 e. The van der Waals surface area contributed by atoms with E-state index in [2.05, 4.69) is 341 Å². The molecule has 14 heteroatoms. The molecule has 0 bridgehead atoms. The maximum absolute atomic E-state index is 6.53. The molecule has 572 valence electrons. The summed E-state index contributed by atoms with van der Waals surface area (Å²) in [7, 11) is 6.44. The van der Waals surface area contributed by atoms with Gasteiger partial charge in [0.25, 0.3) is 10.8 Å². The predicted molar refractivity (Wildman–Crippen MR) is 487 cm³/mol. The normalized spacial score (nSPS) is 14.2. The SMILES string of the molecule is Cc1cccc2c1B1c3c(cccc3Cc3cc4oc5nc6c(C(C)(C)C)cc[n+](C)c6n5c4c(C)c31)C2.Cc1cccc2c1B1c3c(cccc3Cc3cc4sc5nc6c(C(C)(C)C)cc[n+](C)c6n5c4c(C)c31)C2.Cc1cccc2c1B1c3c(cncc3Cc3cc4c5ccccc5n(-c5cc(C(C)(C)C)cc[n+]5C)c4c(C)c31)C2. The van der Waals surface area contributed by atoms with Crippen molar-refractivity contribution in [1.29, 1.82) is 0 Å². The van der Waals surface area contributed by atoms with E-state index in [0.717, 1.165) is 71.3 Å². The number of hydrogen-bond acceptors (Lipinski definition) is 5. The summed E-state index contributed by atoms with van der Waals surface area (Å²) >= 11 is 1.84. The minimum absolute atomic E-state index is 0.0146. The quantitative estimate of drug-likeness (QED) is 0.121. The van der Waals surface area contributed by atoms with Crippen LogP contribution in [-0.2, 0) is 75.9 Å². The minimum Gasteiger partial charge on any atom is -0.403 e. The first-order chi connectivity index (χ1) is 56.2. The van der Waals surface area contributed by atoms with Gasteiger partial charge in [-0.2, -0.15) is 18.9 Å². The molecule has 0 radical (unpaired) electrons. The molecule has 0 amide bonds. The van der Waals surface area contributed by atoms with Gasteiger partial charge in [-0.15, -0.1) is 4.40 Å². The number of para-hydroxylation sites is 1. The highest BCUT2D eigenvalue weighted by Crippen LogP contribution is 2.42. The Morgan fingerprint density at radius 1 is 0.385 bits per heavy atom. The number of nitrogens with zero attached hydrogens (tertiary/aromatic N) is 9. The van der Waals surface area contributed by atoms with E-state index < -0.39 is 0 Å². The molecule has 10 nitrogen and oxygen atoms in total. The molecule has 0 saturated carbocycles. The van der Waals surface area contributed by atoms with Gasteiger partial charge < -0.3 is 4.42 Å². The van der Waals surface area contributed by atoms with E-state index in [-0.39, 0.29) is 29.7 Å². The Balaban J connectivity index is 0.000000106. The summed E-state index contributed by atoms with van der Waals surface area (Å²) in [6.07, 6.45) is 16.7. The monoisotopic (exact) mass is 1540 g/mol. The molecule has 9 aromatic heterocycles. The highest BCUT2D eigenvalue weighted by Gasteiger charge is 2.46. The third kappa shape index (κ3) is 10.4. The Bertz CT molecular complexity index is 7140. The first kappa shape index (κ1) is 72.0. The fourth-order valence-corrected chi connectivity index (χ4v) is 23.9. The van der Waals surface area contributed by atoms with Crippen LogP contribution < -0.4 is 62.9 Å². The zero-order valence-electron chi connectivity index (χ0n) is 70.7. The number of oxazole rings is 1. The zero-order chi connectivity index (χ0) is 80.4. The number of thiazole rings is 1. The number of aromatic nitrogens is 9. The van der Waals surface area contributed by atoms with Crippen molar-refractivity contribution >= 4 is 157 Å². The molecule has 15 heterocycles. The third-order valence-corrected chi connectivity index (χ3v) is 28.9. The van der Waals surface area contributed by atoms with Crippen LogP contribution in [0.2, 0.25) is 0 Å². The van der Waals surface area contributed by atoms with Gasteiger partial charge in [0.05, 0.1) is 44.4 Å². The molecule has 9 aromatic carbocycles. The van der Waals surface area contributed by atoms with Crippen LogP contribution in [0.5, 0.6) is 0 Å². The van der Waals surface area contributed by atoms with Gasteiger partial charge >= 0.3 is 17.1 Å². The minimum atomic E-state index is -0.0146. The third-order valence-electron chi connectivity index (χ3n) is 27.9. The topological polar surface area (TPSA) is 77.2 Å². The second kappa shape index (κ2) is 25.3. The molecule has 0 fully saturated rings. The van der Waals surface area contributed by atoms with Crippen molar-refractivity contribution in [2.75, 3.05) is 0 Å². The van der Waals surface area contributed by atoms with E-state index in [1.807, 2.05) is 11.3 Å². The summed E-state index contributed by atoms with van der Waals surface area (Å²) in [5.74, 6) is 1.87. The molecule has 6 aliphatic heterocycles. The molecular weight excluding hydrogens is 1440 g/mol. The Morgan fingerprint density at radius 3 is 1.36 bits per heavy atom. The van der Waals surface area contributed by atoms with Crippen LogP contribution in [0.3, 0.4) is 0 Å². The van der Waals surface area contributed by atoms with Gasteiger partial charge in [-0.3, -0.25) is 4.98 Å². The molecular formula is C103H97B3N9OS+3. The Labute approximate surface area is 689 Å². The first-order valence-corrected chi connectivity index (χ1v) is 43.0. The molecule has 0 unspecified atom stereocenters. The Morgan fingerprint density at radius 2 is 0.821 bits per heavy atom. The van der Waals surface area contributed by atoms with E-state index in [1.54, 1.807) is 5.46 Å². The van der Waals surface area contributed by atoms with Crippen molar-refractivity contribution in [1.82, 2.24) is 28.3 Å². The second-order valence-electron chi connectivity index (χ2n) is 38.1. The fraction of sp³-hybridized carbons (Fsp3) is 0.262. The standard InChI is InChI=1S/C37H35BN3.C33H31BN3O.C33H31BN3S/c1-22-10-9-11-24-16-26-20-39-21-27-17-25-18-30-29-12-7-8-13-31(29)41(32-19-28(37(3,4)5)14-15-40(32)6)36(30)23(2)34(25)38(33(22)24)35(26)27;2*1-18-9-7-10-20-15-21-11-8-12-22-16-23-17-25-30(19(2)27(23)34(26(18)20)28(21)22)37-31-29(35-32(37)38-25)24(33(3,4)5)13-14-36(31)6/h7-15,18-21H,16-17H2,1-6H3;2*7-14,17H,15-16H2,1-6H3/q3*+1. The highest BCUT2D eigenvalue weighted by molar-refractivity contribution is 7.23. The molecule has 0 spiro atoms. The number of benzene rings is 9. The van der Waals surface area contributed by atoms with Gasteiger partial charge in [0.15, 0.2) is 27.6 Å². The summed E-state index contributed by atoms with van der Waals surface area (Å²) in [5.41, 5.74) is 53.6. The number of aryl methyl sites for hydroxylation is 9. The van der Waals surface area contributed by atoms with Crippen LogP contribution in [0.1, 0.15) is 179 Å². The number of hydrogen-bond donors (Lipinski definition) is 0. The molecule has 0 saturated heterocycles. The maximum Gasteiger partial charge on any atom is 0.402 e. The van der Waals surface area contributed by atoms with Crippen molar-refractivity contribution < 1.29 is 18.1 Å². The molecule has 117 heavy (non-hydrogen) atoms. The summed E-state index contributed by atoms with van der Waals surface area (Å²) < 4.78 is 21.8. The molecule has 0 aliphatic carbocycles. The predicted octanol–water partition coefficient (Wildman–Crippen LogP) is 14.3. The van der Waals surface area contributed by atoms with E-state index in [9.17, 15) is 0 Å². The van der Waals surface area contributed by atoms with Crippen LogP contribution in [0.25, 0.3) is 82.1 Å². The lowest BCUT2D eigenvalue weighted by molar-refractivity contribution is -0.665. The smallest absolute Gasteiger partial charge is 0.402 e. The van der Waals surface area contributed by atoms with Gasteiger partial charge in [0, 0.05) is 29.2 Å². The van der Waals surface area contributed by atoms with E-state index in [1.165, 1.54) is 204 Å². The lowest BCUT2D eigenvalue weighted by Gasteiger charge is -2.35. The average Bonchev–Trinajstić information content (AvgIpc) is 1.66. The van der Waals surface area contributed by atoms with E-state index in [4.69, 9.17) is 19.4 Å². The Hall–Kier alpha value is -11.5. The number of fused-ring (bicyclic) bond motifs is 25. The zero-order valence-corrected chi connectivity index (χ0v) is 71.5. The van der Waals surface area contributed by atoms with Crippen LogP contribution in [-0.4, -0.2) is 48.5 Å². The van der Waals surface area contributed by atoms with Crippen LogP contribution in [0.15, 0.2) is 193 Å². The van der Waals surface area contributed by atoms with Crippen molar-refractivity contribution in [2.24, 2.45) is 21.1 Å².